The van der Waals surface area contributed by atoms with Gasteiger partial charge in [-0.3, -0.25) is 13.9 Å². The van der Waals surface area contributed by atoms with Gasteiger partial charge in [-0.2, -0.15) is 10.1 Å². The molecule has 0 aliphatic rings. The van der Waals surface area contributed by atoms with Gasteiger partial charge in [-0.25, -0.2) is 10.2 Å². The molecule has 2 aromatic heterocycles. The number of nitrogens with zero attached hydrogens (tertiary/aromatic N) is 5. The van der Waals surface area contributed by atoms with E-state index in [1.54, 1.807) is 30.5 Å². The number of aliphatic hydroxyl groups excluding tert-OH is 1. The molecule has 0 aliphatic carbocycles. The van der Waals surface area contributed by atoms with Crippen LogP contribution >= 0.6 is 11.6 Å². The number of hydrogen-bond acceptors (Lipinski definition) is 7. The normalized spacial score (nSPS) is 12.4. The van der Waals surface area contributed by atoms with Crippen molar-refractivity contribution in [3.05, 3.63) is 85.5 Å². The zero-order valence-electron chi connectivity index (χ0n) is 19.5. The molecule has 0 amide bonds. The van der Waals surface area contributed by atoms with Crippen molar-refractivity contribution in [2.75, 3.05) is 12.0 Å². The highest BCUT2D eigenvalue weighted by atomic mass is 35.5. The van der Waals surface area contributed by atoms with E-state index >= 15 is 0 Å². The molecule has 0 spiro atoms. The summed E-state index contributed by atoms with van der Waals surface area (Å²) in [6, 6.07) is 14.5. The second-order valence-corrected chi connectivity index (χ2v) is 8.51. The zero-order valence-corrected chi connectivity index (χ0v) is 20.2. The van der Waals surface area contributed by atoms with Crippen molar-refractivity contribution in [1.29, 1.82) is 0 Å². The average molecular weight is 497 g/mol. The Hall–Kier alpha value is -3.89. The molecule has 0 radical (unpaired) electrons. The van der Waals surface area contributed by atoms with Gasteiger partial charge in [0.1, 0.15) is 18.5 Å². The van der Waals surface area contributed by atoms with E-state index in [4.69, 9.17) is 16.3 Å². The van der Waals surface area contributed by atoms with Crippen LogP contribution in [-0.2, 0) is 20.6 Å². The Morgan fingerprint density at radius 2 is 1.86 bits per heavy atom. The summed E-state index contributed by atoms with van der Waals surface area (Å²) in [5.74, 6) is 0.852. The highest BCUT2D eigenvalue weighted by Gasteiger charge is 2.21. The third-order valence-electron chi connectivity index (χ3n) is 5.51. The molecule has 11 heteroatoms. The van der Waals surface area contributed by atoms with Crippen LogP contribution in [0.3, 0.4) is 0 Å². The van der Waals surface area contributed by atoms with Gasteiger partial charge in [0.15, 0.2) is 11.2 Å². The number of anilines is 1. The van der Waals surface area contributed by atoms with Crippen LogP contribution in [-0.4, -0.2) is 42.7 Å². The standard InChI is InChI=1S/C24H25ClN6O4/c1-15-6-4-5-7-19(15)35-14-18(32)13-31-20-21(29(2)24(34)30(3)22(20)33)27-23(31)28-26-12-16-8-10-17(25)11-9-16/h4-12,18,32H,13-14H2,1-3H3,(H,27,28)/b26-12+/t18-/m0/s1. The van der Waals surface area contributed by atoms with Crippen LogP contribution in [0.2, 0.25) is 5.02 Å². The lowest BCUT2D eigenvalue weighted by molar-refractivity contribution is 0.0935. The molecule has 1 atom stereocenters. The molecule has 2 N–H and O–H groups in total. The molecule has 2 heterocycles. The number of aliphatic hydroxyl groups is 1. The van der Waals surface area contributed by atoms with Crippen LogP contribution in [0.15, 0.2) is 63.2 Å². The molecule has 4 rings (SSSR count). The topological polar surface area (TPSA) is 116 Å². The van der Waals surface area contributed by atoms with Crippen LogP contribution in [0.25, 0.3) is 11.2 Å². The summed E-state index contributed by atoms with van der Waals surface area (Å²) in [4.78, 5) is 29.8. The van der Waals surface area contributed by atoms with Crippen molar-refractivity contribution in [2.24, 2.45) is 19.2 Å². The van der Waals surface area contributed by atoms with Gasteiger partial charge in [0, 0.05) is 19.1 Å². The van der Waals surface area contributed by atoms with Crippen molar-refractivity contribution >= 4 is 34.9 Å². The van der Waals surface area contributed by atoms with E-state index in [2.05, 4.69) is 15.5 Å². The lowest BCUT2D eigenvalue weighted by Crippen LogP contribution is -2.38. The number of hydrogen-bond donors (Lipinski definition) is 2. The van der Waals surface area contributed by atoms with Crippen LogP contribution < -0.4 is 21.4 Å². The maximum Gasteiger partial charge on any atom is 0.332 e. The Kier molecular flexibility index (Phi) is 7.04. The second kappa shape index (κ2) is 10.2. The molecule has 0 aliphatic heterocycles. The number of aryl methyl sites for hydroxylation is 2. The Morgan fingerprint density at radius 3 is 2.57 bits per heavy atom. The summed E-state index contributed by atoms with van der Waals surface area (Å²) in [5, 5.41) is 15.6. The summed E-state index contributed by atoms with van der Waals surface area (Å²) in [6.07, 6.45) is 0.587. The lowest BCUT2D eigenvalue weighted by atomic mass is 10.2. The molecule has 2 aromatic carbocycles. The Balaban J connectivity index is 1.66. The number of imidazole rings is 1. The molecule has 10 nitrogen and oxygen atoms in total. The van der Waals surface area contributed by atoms with Gasteiger partial charge < -0.3 is 14.4 Å². The summed E-state index contributed by atoms with van der Waals surface area (Å²) in [7, 11) is 2.92. The minimum absolute atomic E-state index is 0.00983. The third-order valence-corrected chi connectivity index (χ3v) is 5.77. The molecular weight excluding hydrogens is 472 g/mol. The molecule has 4 aromatic rings. The molecule has 0 bridgehead atoms. The highest BCUT2D eigenvalue weighted by Crippen LogP contribution is 2.19. The number of para-hydroxylation sites is 1. The minimum Gasteiger partial charge on any atom is -0.491 e. The van der Waals surface area contributed by atoms with Crippen LogP contribution in [0.5, 0.6) is 5.75 Å². The molecule has 0 unspecified atom stereocenters. The Bertz CT molecular complexity index is 1500. The summed E-state index contributed by atoms with van der Waals surface area (Å²) >= 11 is 5.92. The van der Waals surface area contributed by atoms with Crippen molar-refractivity contribution < 1.29 is 9.84 Å². The van der Waals surface area contributed by atoms with Crippen LogP contribution in [0.4, 0.5) is 5.95 Å². The fraction of sp³-hybridized carbons (Fsp3) is 0.250. The van der Waals surface area contributed by atoms with Gasteiger partial charge in [0.2, 0.25) is 5.95 Å². The van der Waals surface area contributed by atoms with E-state index in [0.717, 1.165) is 15.7 Å². The number of nitrogens with one attached hydrogen (secondary N) is 1. The second-order valence-electron chi connectivity index (χ2n) is 8.08. The summed E-state index contributed by atoms with van der Waals surface area (Å²) < 4.78 is 9.54. The van der Waals surface area contributed by atoms with Crippen LogP contribution in [0.1, 0.15) is 11.1 Å². The van der Waals surface area contributed by atoms with Crippen LogP contribution in [0, 0.1) is 6.92 Å². The molecule has 0 saturated heterocycles. The van der Waals surface area contributed by atoms with Crippen molar-refractivity contribution in [1.82, 2.24) is 18.7 Å². The van der Waals surface area contributed by atoms with Gasteiger partial charge in [0.05, 0.1) is 12.8 Å². The average Bonchev–Trinajstić information content (AvgIpc) is 3.20. The van der Waals surface area contributed by atoms with Crippen molar-refractivity contribution in [3.63, 3.8) is 0 Å². The maximum atomic E-state index is 13.0. The van der Waals surface area contributed by atoms with Gasteiger partial charge in [0.25, 0.3) is 5.56 Å². The van der Waals surface area contributed by atoms with E-state index in [1.165, 1.54) is 23.2 Å². The monoisotopic (exact) mass is 496 g/mol. The quantitative estimate of drug-likeness (QED) is 0.285. The highest BCUT2D eigenvalue weighted by molar-refractivity contribution is 6.30. The SMILES string of the molecule is Cc1ccccc1OC[C@@H](O)Cn1c(N/N=C/c2ccc(Cl)cc2)nc2c1c(=O)n(C)c(=O)n2C. The van der Waals surface area contributed by atoms with Crippen molar-refractivity contribution in [2.45, 2.75) is 19.6 Å². The van der Waals surface area contributed by atoms with E-state index in [1.807, 2.05) is 31.2 Å². The first-order chi connectivity index (χ1) is 16.8. The fourth-order valence-electron chi connectivity index (χ4n) is 3.59. The first-order valence-corrected chi connectivity index (χ1v) is 11.2. The molecule has 0 saturated carbocycles. The zero-order chi connectivity index (χ0) is 25.1. The molecular formula is C24H25ClN6O4. The van der Waals surface area contributed by atoms with Gasteiger partial charge in [-0.15, -0.1) is 0 Å². The number of rotatable bonds is 8. The number of ether oxygens (including phenoxy) is 1. The van der Waals surface area contributed by atoms with Gasteiger partial charge >= 0.3 is 5.69 Å². The maximum absolute atomic E-state index is 13.0. The number of halogens is 1. The number of fused-ring (bicyclic) bond motifs is 1. The summed E-state index contributed by atoms with van der Waals surface area (Å²) in [5.41, 5.74) is 3.85. The predicted molar refractivity (Wildman–Crippen MR) is 136 cm³/mol. The molecule has 0 fully saturated rings. The van der Waals surface area contributed by atoms with E-state index < -0.39 is 17.4 Å². The van der Waals surface area contributed by atoms with Gasteiger partial charge in [-0.1, -0.05) is 41.9 Å². The number of benzene rings is 2. The third kappa shape index (κ3) is 5.13. The first kappa shape index (κ1) is 24.2. The summed E-state index contributed by atoms with van der Waals surface area (Å²) in [6.45, 7) is 1.88. The van der Waals surface area contributed by atoms with E-state index in [-0.39, 0.29) is 30.3 Å². The lowest BCUT2D eigenvalue weighted by Gasteiger charge is -2.16. The van der Waals surface area contributed by atoms with E-state index in [9.17, 15) is 14.7 Å². The number of aromatic nitrogens is 4. The van der Waals surface area contributed by atoms with E-state index in [0.29, 0.717) is 10.8 Å². The first-order valence-electron chi connectivity index (χ1n) is 10.8. The minimum atomic E-state index is -0.977. The smallest absolute Gasteiger partial charge is 0.332 e. The number of hydrazone groups is 1. The Morgan fingerprint density at radius 1 is 1.14 bits per heavy atom. The largest absolute Gasteiger partial charge is 0.491 e. The molecule has 35 heavy (non-hydrogen) atoms. The predicted octanol–water partition coefficient (Wildman–Crippen LogP) is 2.28. The fourth-order valence-corrected chi connectivity index (χ4v) is 3.72. The Labute approximate surface area is 205 Å². The molecule has 182 valence electrons. The van der Waals surface area contributed by atoms with Gasteiger partial charge in [-0.05, 0) is 36.2 Å². The van der Waals surface area contributed by atoms with Crippen molar-refractivity contribution in [3.8, 4) is 5.75 Å².